The zero-order valence-electron chi connectivity index (χ0n) is 12.9. The fourth-order valence-electron chi connectivity index (χ4n) is 2.45. The van der Waals surface area contributed by atoms with E-state index >= 15 is 0 Å². The molecule has 0 aliphatic heterocycles. The van der Waals surface area contributed by atoms with Gasteiger partial charge in [0.1, 0.15) is 4.83 Å². The molecule has 0 radical (unpaired) electrons. The Kier molecular flexibility index (Phi) is 4.16. The summed E-state index contributed by atoms with van der Waals surface area (Å²) in [6, 6.07) is 5.61. The van der Waals surface area contributed by atoms with Gasteiger partial charge >= 0.3 is 0 Å². The second kappa shape index (κ2) is 6.26. The molecule has 0 saturated heterocycles. The van der Waals surface area contributed by atoms with Crippen LogP contribution in [0.1, 0.15) is 0 Å². The van der Waals surface area contributed by atoms with Crippen LogP contribution >= 0.6 is 11.3 Å². The van der Waals surface area contributed by atoms with Crippen molar-refractivity contribution < 1.29 is 9.47 Å². The number of aromatic nitrogens is 2. The van der Waals surface area contributed by atoms with E-state index in [0.29, 0.717) is 23.4 Å². The minimum atomic E-state index is -0.0686. The van der Waals surface area contributed by atoms with Gasteiger partial charge in [-0.15, -0.1) is 17.9 Å². The molecule has 0 spiro atoms. The molecule has 5 nitrogen and oxygen atoms in total. The monoisotopic (exact) mass is 328 g/mol. The van der Waals surface area contributed by atoms with Crippen LogP contribution in [-0.2, 0) is 6.54 Å². The van der Waals surface area contributed by atoms with E-state index in [1.807, 2.05) is 23.6 Å². The lowest BCUT2D eigenvalue weighted by molar-refractivity contribution is 0.355. The van der Waals surface area contributed by atoms with Crippen molar-refractivity contribution in [1.82, 2.24) is 9.55 Å². The Labute approximate surface area is 137 Å². The van der Waals surface area contributed by atoms with E-state index < -0.39 is 0 Å². The van der Waals surface area contributed by atoms with E-state index in [2.05, 4.69) is 11.6 Å². The number of rotatable bonds is 5. The molecule has 1 aromatic carbocycles. The average Bonchev–Trinajstić information content (AvgIpc) is 3.01. The molecule has 0 saturated carbocycles. The van der Waals surface area contributed by atoms with E-state index in [9.17, 15) is 4.79 Å². The second-order valence-corrected chi connectivity index (χ2v) is 5.75. The van der Waals surface area contributed by atoms with E-state index in [1.165, 1.54) is 11.3 Å². The number of ether oxygens (including phenoxy) is 2. The van der Waals surface area contributed by atoms with Gasteiger partial charge in [-0.1, -0.05) is 12.1 Å². The highest BCUT2D eigenvalue weighted by atomic mass is 32.1. The summed E-state index contributed by atoms with van der Waals surface area (Å²) in [5.74, 6) is 1.28. The Morgan fingerprint density at radius 1 is 1.30 bits per heavy atom. The van der Waals surface area contributed by atoms with Gasteiger partial charge in [0.05, 0.1) is 25.9 Å². The van der Waals surface area contributed by atoms with Crippen molar-refractivity contribution in [2.75, 3.05) is 14.2 Å². The molecule has 0 unspecified atom stereocenters. The maximum atomic E-state index is 12.7. The quantitative estimate of drug-likeness (QED) is 0.674. The highest BCUT2D eigenvalue weighted by Gasteiger charge is 2.14. The number of fused-ring (bicyclic) bond motifs is 1. The average molecular weight is 328 g/mol. The van der Waals surface area contributed by atoms with Gasteiger partial charge in [-0.3, -0.25) is 9.36 Å². The Morgan fingerprint density at radius 2 is 2.09 bits per heavy atom. The van der Waals surface area contributed by atoms with Crippen LogP contribution in [-0.4, -0.2) is 23.8 Å². The van der Waals surface area contributed by atoms with Gasteiger partial charge in [-0.05, 0) is 17.7 Å². The SMILES string of the molecule is C=CCn1cnc2scc(-c3ccc(OC)c(OC)c3)c2c1=O. The number of methoxy groups -OCH3 is 2. The third-order valence-corrected chi connectivity index (χ3v) is 4.47. The molecule has 0 atom stereocenters. The van der Waals surface area contributed by atoms with Crippen molar-refractivity contribution in [2.45, 2.75) is 6.54 Å². The molecule has 0 aliphatic carbocycles. The van der Waals surface area contributed by atoms with Crippen LogP contribution in [0.3, 0.4) is 0 Å². The molecule has 3 aromatic rings. The molecule has 3 rings (SSSR count). The lowest BCUT2D eigenvalue weighted by Gasteiger charge is -2.09. The normalized spacial score (nSPS) is 10.7. The van der Waals surface area contributed by atoms with Crippen LogP contribution in [0.2, 0.25) is 0 Å². The summed E-state index contributed by atoms with van der Waals surface area (Å²) in [4.78, 5) is 17.8. The molecule has 0 amide bonds. The molecule has 2 heterocycles. The van der Waals surface area contributed by atoms with Gasteiger partial charge in [0.2, 0.25) is 0 Å². The molecular weight excluding hydrogens is 312 g/mol. The van der Waals surface area contributed by atoms with Crippen LogP contribution in [0, 0.1) is 0 Å². The number of thiophene rings is 1. The number of allylic oxidation sites excluding steroid dienone is 1. The van der Waals surface area contributed by atoms with Crippen LogP contribution < -0.4 is 15.0 Å². The first-order valence-corrected chi connectivity index (χ1v) is 7.87. The summed E-state index contributed by atoms with van der Waals surface area (Å²) in [5, 5.41) is 2.56. The summed E-state index contributed by atoms with van der Waals surface area (Å²) in [7, 11) is 3.18. The molecule has 23 heavy (non-hydrogen) atoms. The molecule has 6 heteroatoms. The second-order valence-electron chi connectivity index (χ2n) is 4.89. The van der Waals surface area contributed by atoms with Crippen molar-refractivity contribution in [2.24, 2.45) is 0 Å². The smallest absolute Gasteiger partial charge is 0.262 e. The predicted molar refractivity (Wildman–Crippen MR) is 92.6 cm³/mol. The Bertz CT molecular complexity index is 927. The van der Waals surface area contributed by atoms with E-state index in [1.54, 1.807) is 31.2 Å². The first-order valence-electron chi connectivity index (χ1n) is 6.99. The van der Waals surface area contributed by atoms with Crippen molar-refractivity contribution in [3.05, 3.63) is 52.9 Å². The molecule has 2 aromatic heterocycles. The van der Waals surface area contributed by atoms with Crippen LogP contribution in [0.5, 0.6) is 11.5 Å². The van der Waals surface area contributed by atoms with E-state index in [-0.39, 0.29) is 5.56 Å². The summed E-state index contributed by atoms with van der Waals surface area (Å²) < 4.78 is 12.2. The van der Waals surface area contributed by atoms with Crippen molar-refractivity contribution in [1.29, 1.82) is 0 Å². The fraction of sp³-hybridized carbons (Fsp3) is 0.176. The highest BCUT2D eigenvalue weighted by molar-refractivity contribution is 7.17. The Balaban J connectivity index is 2.22. The van der Waals surface area contributed by atoms with Crippen LogP contribution in [0.4, 0.5) is 0 Å². The largest absolute Gasteiger partial charge is 0.493 e. The molecule has 0 fully saturated rings. The standard InChI is InChI=1S/C17H16N2O3S/c1-4-7-19-10-18-16-15(17(19)20)12(9-23-16)11-5-6-13(21-2)14(8-11)22-3/h4-6,8-10H,1,7H2,2-3H3. The topological polar surface area (TPSA) is 53.4 Å². The highest BCUT2D eigenvalue weighted by Crippen LogP contribution is 2.36. The Hall–Kier alpha value is -2.60. The van der Waals surface area contributed by atoms with Gasteiger partial charge in [0.25, 0.3) is 5.56 Å². The lowest BCUT2D eigenvalue weighted by Crippen LogP contribution is -2.19. The maximum absolute atomic E-state index is 12.7. The summed E-state index contributed by atoms with van der Waals surface area (Å²) in [6.45, 7) is 4.11. The predicted octanol–water partition coefficient (Wildman–Crippen LogP) is 3.33. The first-order chi connectivity index (χ1) is 11.2. The van der Waals surface area contributed by atoms with Crippen LogP contribution in [0.25, 0.3) is 21.3 Å². The van der Waals surface area contributed by atoms with Crippen molar-refractivity contribution >= 4 is 21.6 Å². The molecule has 118 valence electrons. The van der Waals surface area contributed by atoms with Gasteiger partial charge in [0, 0.05) is 17.5 Å². The number of nitrogens with zero attached hydrogens (tertiary/aromatic N) is 2. The zero-order chi connectivity index (χ0) is 16.4. The lowest BCUT2D eigenvalue weighted by atomic mass is 10.1. The summed E-state index contributed by atoms with van der Waals surface area (Å²) in [6.07, 6.45) is 3.23. The molecular formula is C17H16N2O3S. The Morgan fingerprint density at radius 3 is 2.78 bits per heavy atom. The van der Waals surface area contributed by atoms with Gasteiger partial charge in [-0.25, -0.2) is 4.98 Å². The van der Waals surface area contributed by atoms with Gasteiger partial charge < -0.3 is 9.47 Å². The third kappa shape index (κ3) is 2.61. The summed E-state index contributed by atoms with van der Waals surface area (Å²) in [5.41, 5.74) is 1.67. The maximum Gasteiger partial charge on any atom is 0.262 e. The minimum absolute atomic E-state index is 0.0686. The fourth-order valence-corrected chi connectivity index (χ4v) is 3.36. The van der Waals surface area contributed by atoms with Gasteiger partial charge in [-0.2, -0.15) is 0 Å². The molecule has 0 bridgehead atoms. The van der Waals surface area contributed by atoms with Crippen molar-refractivity contribution in [3.8, 4) is 22.6 Å². The van der Waals surface area contributed by atoms with Gasteiger partial charge in [0.15, 0.2) is 11.5 Å². The summed E-state index contributed by atoms with van der Waals surface area (Å²) >= 11 is 1.45. The number of hydrogen-bond acceptors (Lipinski definition) is 5. The third-order valence-electron chi connectivity index (χ3n) is 3.58. The van der Waals surface area contributed by atoms with Crippen molar-refractivity contribution in [3.63, 3.8) is 0 Å². The number of benzene rings is 1. The first kappa shape index (κ1) is 15.3. The number of hydrogen-bond donors (Lipinski definition) is 0. The molecule has 0 aliphatic rings. The van der Waals surface area contributed by atoms with E-state index in [4.69, 9.17) is 9.47 Å². The minimum Gasteiger partial charge on any atom is -0.493 e. The van der Waals surface area contributed by atoms with Crippen LogP contribution in [0.15, 0.2) is 47.4 Å². The molecule has 0 N–H and O–H groups in total. The zero-order valence-corrected chi connectivity index (χ0v) is 13.7. The van der Waals surface area contributed by atoms with E-state index in [0.717, 1.165) is 16.0 Å².